The molecule has 13 heteroatoms. The maximum Gasteiger partial charge on any atom is 0.323 e. The van der Waals surface area contributed by atoms with E-state index in [1.165, 1.54) is 33.5 Å². The number of halogens is 1. The fourth-order valence-corrected chi connectivity index (χ4v) is 7.32. The Labute approximate surface area is 294 Å². The zero-order chi connectivity index (χ0) is 37.0. The van der Waals surface area contributed by atoms with Gasteiger partial charge in [-0.2, -0.15) is 0 Å². The fraction of sp³-hybridized carbons (Fsp3) is 0.629. The molecule has 1 fully saturated rings. The second-order valence-corrected chi connectivity index (χ2v) is 18.8. The molecule has 0 saturated heterocycles. The third-order valence-corrected chi connectivity index (χ3v) is 14.5. The van der Waals surface area contributed by atoms with Crippen molar-refractivity contribution in [1.29, 1.82) is 0 Å². The minimum atomic E-state index is -2.32. The lowest BCUT2D eigenvalue weighted by molar-refractivity contribution is -0.170. The minimum Gasteiger partial charge on any atom is -0.468 e. The predicted molar refractivity (Wildman–Crippen MR) is 188 cm³/mol. The highest BCUT2D eigenvalue weighted by molar-refractivity contribution is 9.09. The summed E-state index contributed by atoms with van der Waals surface area (Å²) in [5.41, 5.74) is -5.44. The van der Waals surface area contributed by atoms with Gasteiger partial charge in [0.25, 0.3) is 0 Å². The van der Waals surface area contributed by atoms with E-state index in [4.69, 9.17) is 28.1 Å². The number of hydrogen-bond acceptors (Lipinski definition) is 11. The zero-order valence-corrected chi connectivity index (χ0v) is 32.7. The first-order valence-electron chi connectivity index (χ1n) is 15.6. The van der Waals surface area contributed by atoms with Crippen molar-refractivity contribution < 1.29 is 52.1 Å². The molecule has 0 heterocycles. The standard InChI is InChI=1S/C35H53BrO11Si/c1-12-35(47-48(10,11)31(2,3)4)25-34(35,30(41)46-9)23-16-15-21-32(26(37)42-5,27(38)43-6)19-13-14-20-33(28(39)44-7,29(40)45-8)22-17-18-24-36/h12-18H,1,19-25H2,2-11H3/b14-13+,16-15+,18-17+. The van der Waals surface area contributed by atoms with Gasteiger partial charge in [-0.1, -0.05) is 79.2 Å². The highest BCUT2D eigenvalue weighted by Gasteiger charge is 2.73. The van der Waals surface area contributed by atoms with E-state index in [0.717, 1.165) is 14.2 Å². The van der Waals surface area contributed by atoms with E-state index in [0.29, 0.717) is 11.8 Å². The van der Waals surface area contributed by atoms with Gasteiger partial charge in [-0.15, -0.1) is 6.58 Å². The Morgan fingerprint density at radius 2 is 1.06 bits per heavy atom. The van der Waals surface area contributed by atoms with Gasteiger partial charge in [0.05, 0.1) is 41.2 Å². The maximum atomic E-state index is 13.2. The Balaban J connectivity index is 3.45. The van der Waals surface area contributed by atoms with Crippen molar-refractivity contribution in [2.75, 3.05) is 40.9 Å². The van der Waals surface area contributed by atoms with Gasteiger partial charge in [-0.25, -0.2) is 0 Å². The monoisotopic (exact) mass is 756 g/mol. The molecule has 0 aromatic rings. The Morgan fingerprint density at radius 3 is 1.38 bits per heavy atom. The summed E-state index contributed by atoms with van der Waals surface area (Å²) >= 11 is 3.27. The summed E-state index contributed by atoms with van der Waals surface area (Å²) in [6, 6.07) is 0. The largest absolute Gasteiger partial charge is 0.468 e. The van der Waals surface area contributed by atoms with Gasteiger partial charge in [-0.3, -0.25) is 24.0 Å². The number of alkyl halides is 1. The van der Waals surface area contributed by atoms with Crippen LogP contribution in [0.5, 0.6) is 0 Å². The lowest BCUT2D eigenvalue weighted by atomic mass is 9.78. The van der Waals surface area contributed by atoms with Gasteiger partial charge in [0.1, 0.15) is 5.41 Å². The first-order chi connectivity index (χ1) is 22.4. The fourth-order valence-electron chi connectivity index (χ4n) is 5.49. The lowest BCUT2D eigenvalue weighted by Gasteiger charge is -2.40. The highest BCUT2D eigenvalue weighted by atomic mass is 79.9. The molecule has 48 heavy (non-hydrogen) atoms. The van der Waals surface area contributed by atoms with Crippen molar-refractivity contribution >= 4 is 54.1 Å². The van der Waals surface area contributed by atoms with Crippen LogP contribution in [-0.4, -0.2) is 84.6 Å². The molecule has 1 rings (SSSR count). The smallest absolute Gasteiger partial charge is 0.323 e. The van der Waals surface area contributed by atoms with Crippen LogP contribution in [0.25, 0.3) is 0 Å². The minimum absolute atomic E-state index is 0.00253. The molecule has 0 N–H and O–H groups in total. The molecule has 0 spiro atoms. The topological polar surface area (TPSA) is 141 Å². The Bertz CT molecular complexity index is 1250. The van der Waals surface area contributed by atoms with Crippen molar-refractivity contribution in [2.45, 2.75) is 83.0 Å². The molecule has 11 nitrogen and oxygen atoms in total. The van der Waals surface area contributed by atoms with Crippen LogP contribution in [0.15, 0.2) is 49.1 Å². The predicted octanol–water partition coefficient (Wildman–Crippen LogP) is 6.17. The quantitative estimate of drug-likeness (QED) is 0.0373. The van der Waals surface area contributed by atoms with E-state index < -0.39 is 60.0 Å². The third kappa shape index (κ3) is 8.95. The molecular weight excluding hydrogens is 704 g/mol. The van der Waals surface area contributed by atoms with Gasteiger partial charge >= 0.3 is 29.8 Å². The number of ether oxygens (including phenoxy) is 5. The van der Waals surface area contributed by atoms with E-state index in [1.807, 2.05) is 0 Å². The second kappa shape index (κ2) is 17.6. The average Bonchev–Trinajstić information content (AvgIpc) is 3.71. The first-order valence-corrected chi connectivity index (χ1v) is 19.7. The van der Waals surface area contributed by atoms with Gasteiger partial charge in [-0.05, 0) is 56.7 Å². The third-order valence-electron chi connectivity index (χ3n) is 9.62. The van der Waals surface area contributed by atoms with Crippen molar-refractivity contribution in [3.63, 3.8) is 0 Å². The average molecular weight is 758 g/mol. The van der Waals surface area contributed by atoms with Crippen LogP contribution in [0, 0.1) is 16.2 Å². The Kier molecular flexibility index (Phi) is 15.7. The van der Waals surface area contributed by atoms with Crippen LogP contribution in [0.2, 0.25) is 18.1 Å². The number of hydrogen-bond donors (Lipinski definition) is 0. The maximum absolute atomic E-state index is 13.2. The van der Waals surface area contributed by atoms with E-state index in [2.05, 4.69) is 56.4 Å². The lowest BCUT2D eigenvalue weighted by Crippen LogP contribution is -2.46. The van der Waals surface area contributed by atoms with Crippen LogP contribution in [0.1, 0.15) is 59.3 Å². The van der Waals surface area contributed by atoms with Crippen molar-refractivity contribution in [3.05, 3.63) is 49.1 Å². The molecule has 0 amide bonds. The molecule has 0 aromatic carbocycles. The van der Waals surface area contributed by atoms with E-state index >= 15 is 0 Å². The van der Waals surface area contributed by atoms with Crippen LogP contribution >= 0.6 is 15.9 Å². The number of methoxy groups -OCH3 is 5. The summed E-state index contributed by atoms with van der Waals surface area (Å²) in [7, 11) is 3.68. The zero-order valence-electron chi connectivity index (χ0n) is 30.1. The number of carbonyl (C=O) groups excluding carboxylic acids is 5. The molecule has 1 aliphatic carbocycles. The molecule has 0 bridgehead atoms. The molecule has 0 aliphatic heterocycles. The Hall–Kier alpha value is -3.03. The second-order valence-electron chi connectivity index (χ2n) is 13.4. The summed E-state index contributed by atoms with van der Waals surface area (Å²) in [6.07, 6.45) is 11.6. The highest BCUT2D eigenvalue weighted by Crippen LogP contribution is 2.65. The molecular formula is C35H53BrO11Si. The van der Waals surface area contributed by atoms with Crippen molar-refractivity contribution in [2.24, 2.45) is 16.2 Å². The Morgan fingerprint density at radius 1 is 0.688 bits per heavy atom. The molecule has 270 valence electrons. The van der Waals surface area contributed by atoms with E-state index in [1.54, 1.807) is 30.4 Å². The summed E-state index contributed by atoms with van der Waals surface area (Å²) in [6.45, 7) is 14.5. The van der Waals surface area contributed by atoms with Crippen LogP contribution in [0.3, 0.4) is 0 Å². The van der Waals surface area contributed by atoms with Crippen molar-refractivity contribution in [3.8, 4) is 0 Å². The van der Waals surface area contributed by atoms with Gasteiger partial charge < -0.3 is 28.1 Å². The summed E-state index contributed by atoms with van der Waals surface area (Å²) < 4.78 is 31.9. The van der Waals surface area contributed by atoms with Gasteiger partial charge in [0.15, 0.2) is 19.1 Å². The summed E-state index contributed by atoms with van der Waals surface area (Å²) in [5, 5.41) is 0.393. The van der Waals surface area contributed by atoms with Crippen LogP contribution < -0.4 is 0 Å². The van der Waals surface area contributed by atoms with E-state index in [-0.39, 0.29) is 37.1 Å². The molecule has 1 saturated carbocycles. The molecule has 2 atom stereocenters. The molecule has 2 unspecified atom stereocenters. The summed E-state index contributed by atoms with van der Waals surface area (Å²) in [4.78, 5) is 65.3. The van der Waals surface area contributed by atoms with Gasteiger partial charge in [0.2, 0.25) is 0 Å². The first kappa shape index (κ1) is 43.0. The SMILES string of the molecule is C=CC1(O[Si](C)(C)C(C)(C)C)CC1(C/C=C/CC(C/C=C/CC(C/C=C/CBr)(C(=O)OC)C(=O)OC)(C(=O)OC)C(=O)OC)C(=O)OC. The summed E-state index contributed by atoms with van der Waals surface area (Å²) in [5.74, 6) is -3.70. The number of esters is 5. The van der Waals surface area contributed by atoms with E-state index in [9.17, 15) is 24.0 Å². The van der Waals surface area contributed by atoms with Gasteiger partial charge in [0, 0.05) is 5.33 Å². The molecule has 0 radical (unpaired) electrons. The van der Waals surface area contributed by atoms with Crippen LogP contribution in [0.4, 0.5) is 0 Å². The van der Waals surface area contributed by atoms with Crippen molar-refractivity contribution in [1.82, 2.24) is 0 Å². The molecule has 0 aromatic heterocycles. The number of allylic oxidation sites excluding steroid dienone is 6. The molecule has 1 aliphatic rings. The normalized spacial score (nSPS) is 20.1. The number of rotatable bonds is 19. The van der Waals surface area contributed by atoms with Crippen LogP contribution in [-0.2, 0) is 52.1 Å². The number of carbonyl (C=O) groups is 5.